The van der Waals surface area contributed by atoms with Crippen molar-refractivity contribution in [1.29, 1.82) is 0 Å². The van der Waals surface area contributed by atoms with Crippen LogP contribution < -0.4 is 10.0 Å². The molecule has 2 fully saturated rings. The number of rotatable bonds is 10. The molecule has 2 N–H and O–H groups in total. The van der Waals surface area contributed by atoms with Crippen LogP contribution in [0.2, 0.25) is 0 Å². The Morgan fingerprint density at radius 1 is 1.28 bits per heavy atom. The molecule has 0 atom stereocenters. The molecule has 1 aliphatic heterocycles. The summed E-state index contributed by atoms with van der Waals surface area (Å²) < 4.78 is 40.6. The second-order valence-electron chi connectivity index (χ2n) is 7.88. The molecule has 0 aromatic heterocycles. The van der Waals surface area contributed by atoms with Crippen molar-refractivity contribution in [2.24, 2.45) is 11.3 Å². The molecule has 2 rings (SSSR count). The minimum absolute atomic E-state index is 0.103. The van der Waals surface area contributed by atoms with Gasteiger partial charge in [0.2, 0.25) is 5.91 Å². The van der Waals surface area contributed by atoms with Gasteiger partial charge in [0.1, 0.15) is 0 Å². The lowest BCUT2D eigenvalue weighted by Gasteiger charge is -2.41. The predicted octanol–water partition coefficient (Wildman–Crippen LogP) is 3.39. The van der Waals surface area contributed by atoms with Crippen LogP contribution in [0, 0.1) is 11.3 Å². The number of amides is 1. The lowest BCUT2D eigenvalue weighted by Crippen LogP contribution is -2.50. The maximum absolute atomic E-state index is 12.5. The van der Waals surface area contributed by atoms with E-state index >= 15 is 0 Å². The normalized spacial score (nSPS) is 21.5. The van der Waals surface area contributed by atoms with Crippen molar-refractivity contribution in [3.63, 3.8) is 0 Å². The van der Waals surface area contributed by atoms with E-state index in [2.05, 4.69) is 10.0 Å². The van der Waals surface area contributed by atoms with Gasteiger partial charge in [-0.2, -0.15) is 12.7 Å². The van der Waals surface area contributed by atoms with Crippen molar-refractivity contribution < 1.29 is 17.6 Å². The zero-order valence-electron chi connectivity index (χ0n) is 17.1. The van der Waals surface area contributed by atoms with Gasteiger partial charge < -0.3 is 5.32 Å². The van der Waals surface area contributed by atoms with E-state index < -0.39 is 10.2 Å². The largest absolute Gasteiger partial charge is 0.352 e. The van der Waals surface area contributed by atoms with Crippen LogP contribution in [0.3, 0.4) is 0 Å². The first-order chi connectivity index (χ1) is 13.7. The Kier molecular flexibility index (Phi) is 8.88. The molecule has 0 spiro atoms. The minimum atomic E-state index is -3.43. The van der Waals surface area contributed by atoms with E-state index in [1.165, 1.54) is 35.4 Å². The number of hydrogen-bond acceptors (Lipinski definition) is 3. The van der Waals surface area contributed by atoms with Crippen LogP contribution in [-0.4, -0.2) is 44.8 Å². The van der Waals surface area contributed by atoms with E-state index in [0.717, 1.165) is 6.42 Å². The highest BCUT2D eigenvalue weighted by atomic mass is 35.5. The van der Waals surface area contributed by atoms with Gasteiger partial charge >= 0.3 is 0 Å². The molecule has 6 nitrogen and oxygen atoms in total. The summed E-state index contributed by atoms with van der Waals surface area (Å²) in [6.07, 6.45) is 9.30. The molecule has 0 unspecified atom stereocenters. The minimum Gasteiger partial charge on any atom is -0.352 e. The Morgan fingerprint density at radius 3 is 2.48 bits per heavy atom. The summed E-state index contributed by atoms with van der Waals surface area (Å²) in [5.41, 5.74) is 0.262. The molecule has 0 bridgehead atoms. The van der Waals surface area contributed by atoms with E-state index in [1.807, 2.05) is 0 Å². The SMILES string of the molecule is CCNS(=O)(=O)N1CCC(CNC(=O)/C(C)=C(Cl)/C=C\C=C\F)(CC2CC2)CC1. The first-order valence-corrected chi connectivity index (χ1v) is 11.9. The fourth-order valence-electron chi connectivity index (χ4n) is 3.68. The third-order valence-corrected chi connectivity index (χ3v) is 7.73. The quantitative estimate of drug-likeness (QED) is 0.398. The molecule has 1 heterocycles. The Labute approximate surface area is 178 Å². The van der Waals surface area contributed by atoms with Gasteiger partial charge in [-0.3, -0.25) is 4.79 Å². The monoisotopic (exact) mass is 447 g/mol. The van der Waals surface area contributed by atoms with Crippen LogP contribution in [0.5, 0.6) is 0 Å². The maximum atomic E-state index is 12.5. The third kappa shape index (κ3) is 7.20. The summed E-state index contributed by atoms with van der Waals surface area (Å²) in [5.74, 6) is 0.404. The number of piperidine rings is 1. The third-order valence-electron chi connectivity index (χ3n) is 5.62. The van der Waals surface area contributed by atoms with Crippen LogP contribution in [0.4, 0.5) is 4.39 Å². The summed E-state index contributed by atoms with van der Waals surface area (Å²) in [5, 5.41) is 3.24. The molecule has 29 heavy (non-hydrogen) atoms. The lowest BCUT2D eigenvalue weighted by atomic mass is 9.74. The topological polar surface area (TPSA) is 78.5 Å². The summed E-state index contributed by atoms with van der Waals surface area (Å²) in [4.78, 5) is 12.5. The van der Waals surface area contributed by atoms with Crippen LogP contribution in [-0.2, 0) is 15.0 Å². The molecule has 164 valence electrons. The van der Waals surface area contributed by atoms with E-state index in [0.29, 0.717) is 56.8 Å². The second kappa shape index (κ2) is 10.7. The van der Waals surface area contributed by atoms with Crippen LogP contribution in [0.15, 0.2) is 35.2 Å². The number of carbonyl (C=O) groups excluding carboxylic acids is 1. The predicted molar refractivity (Wildman–Crippen MR) is 114 cm³/mol. The van der Waals surface area contributed by atoms with Gasteiger partial charge in [0.15, 0.2) is 0 Å². The molecular formula is C20H31ClFN3O3S. The highest BCUT2D eigenvalue weighted by Crippen LogP contribution is 2.45. The first-order valence-electron chi connectivity index (χ1n) is 10.1. The van der Waals surface area contributed by atoms with Gasteiger partial charge in [0, 0.05) is 36.8 Å². The molecule has 0 aromatic rings. The highest BCUT2D eigenvalue weighted by molar-refractivity contribution is 7.87. The lowest BCUT2D eigenvalue weighted by molar-refractivity contribution is -0.118. The highest BCUT2D eigenvalue weighted by Gasteiger charge is 2.41. The Balaban J connectivity index is 2.01. The summed E-state index contributed by atoms with van der Waals surface area (Å²) in [6.45, 7) is 5.15. The van der Waals surface area contributed by atoms with E-state index in [1.54, 1.807) is 13.8 Å². The molecule has 9 heteroatoms. The molecule has 1 amide bonds. The van der Waals surface area contributed by atoms with Crippen molar-refractivity contribution >= 4 is 27.7 Å². The van der Waals surface area contributed by atoms with Crippen LogP contribution >= 0.6 is 11.6 Å². The zero-order valence-corrected chi connectivity index (χ0v) is 18.7. The summed E-state index contributed by atoms with van der Waals surface area (Å²) in [6, 6.07) is 0. The smallest absolute Gasteiger partial charge is 0.279 e. The number of carbonyl (C=O) groups is 1. The molecule has 1 saturated carbocycles. The zero-order chi connectivity index (χ0) is 21.5. The summed E-state index contributed by atoms with van der Waals surface area (Å²) in [7, 11) is -3.43. The number of nitrogens with one attached hydrogen (secondary N) is 2. The van der Waals surface area contributed by atoms with Gasteiger partial charge in [-0.15, -0.1) is 0 Å². The number of halogens is 2. The van der Waals surface area contributed by atoms with E-state index in [-0.39, 0.29) is 16.4 Å². The Morgan fingerprint density at radius 2 is 1.93 bits per heavy atom. The van der Waals surface area contributed by atoms with Crippen molar-refractivity contribution in [2.75, 3.05) is 26.2 Å². The maximum Gasteiger partial charge on any atom is 0.279 e. The number of nitrogens with zero attached hydrogens (tertiary/aromatic N) is 1. The number of hydrogen-bond donors (Lipinski definition) is 2. The summed E-state index contributed by atoms with van der Waals surface area (Å²) >= 11 is 6.11. The molecule has 0 radical (unpaired) electrons. The van der Waals surface area contributed by atoms with Gasteiger partial charge in [0.05, 0.1) is 6.33 Å². The van der Waals surface area contributed by atoms with Crippen molar-refractivity contribution in [3.05, 3.63) is 35.2 Å². The molecule has 1 aliphatic carbocycles. The number of allylic oxidation sites excluding steroid dienone is 4. The van der Waals surface area contributed by atoms with E-state index in [9.17, 15) is 17.6 Å². The van der Waals surface area contributed by atoms with Crippen LogP contribution in [0.1, 0.15) is 46.0 Å². The Bertz CT molecular complexity index is 768. The average molecular weight is 448 g/mol. The van der Waals surface area contributed by atoms with Gasteiger partial charge in [-0.25, -0.2) is 9.11 Å². The standard InChI is InChI=1S/C20H31ClFN3O3S/c1-3-24-29(27,28)25-12-9-20(10-13-25,14-17-7-8-17)15-23-19(26)16(2)18(21)6-4-5-11-22/h4-6,11,17,24H,3,7-10,12-15H2,1-2H3,(H,23,26)/b6-4-,11-5+,18-16-. The van der Waals surface area contributed by atoms with Crippen LogP contribution in [0.25, 0.3) is 0 Å². The Hall–Kier alpha value is -1.22. The van der Waals surface area contributed by atoms with Crippen molar-refractivity contribution in [1.82, 2.24) is 14.3 Å². The second-order valence-corrected chi connectivity index (χ2v) is 10.0. The van der Waals surface area contributed by atoms with Crippen molar-refractivity contribution in [2.45, 2.75) is 46.0 Å². The molecule has 0 aromatic carbocycles. The molecule has 1 saturated heterocycles. The van der Waals surface area contributed by atoms with Gasteiger partial charge in [0.25, 0.3) is 10.2 Å². The fraction of sp³-hybridized carbons (Fsp3) is 0.650. The molecule has 2 aliphatic rings. The first kappa shape index (κ1) is 24.1. The van der Waals surface area contributed by atoms with Gasteiger partial charge in [-0.1, -0.05) is 37.4 Å². The molecular weight excluding hydrogens is 417 g/mol. The average Bonchev–Trinajstić information content (AvgIpc) is 3.50. The van der Waals surface area contributed by atoms with Gasteiger partial charge in [-0.05, 0) is 49.7 Å². The van der Waals surface area contributed by atoms with Crippen molar-refractivity contribution in [3.8, 4) is 0 Å². The van der Waals surface area contributed by atoms with E-state index in [4.69, 9.17) is 11.6 Å². The fourth-order valence-corrected chi connectivity index (χ4v) is 5.05.